The maximum atomic E-state index is 12.6. The molecule has 28 heavy (non-hydrogen) atoms. The first kappa shape index (κ1) is 20.4. The fourth-order valence-corrected chi connectivity index (χ4v) is 4.31. The van der Waals surface area contributed by atoms with Gasteiger partial charge in [0, 0.05) is 18.0 Å². The molecular weight excluding hydrogens is 356 g/mol. The maximum absolute atomic E-state index is 12.6. The van der Waals surface area contributed by atoms with Gasteiger partial charge in [-0.15, -0.1) is 0 Å². The zero-order valence-electron chi connectivity index (χ0n) is 16.3. The first-order valence-electron chi connectivity index (χ1n) is 10.4. The molecule has 2 fully saturated rings. The predicted molar refractivity (Wildman–Crippen MR) is 106 cm³/mol. The first-order valence-corrected chi connectivity index (χ1v) is 10.4. The van der Waals surface area contributed by atoms with Crippen molar-refractivity contribution in [2.45, 2.75) is 76.3 Å². The minimum absolute atomic E-state index is 0.107. The Morgan fingerprint density at radius 1 is 0.929 bits per heavy atom. The lowest BCUT2D eigenvalue weighted by Crippen LogP contribution is -2.54. The van der Waals surface area contributed by atoms with E-state index in [0.717, 1.165) is 56.9 Å². The summed E-state index contributed by atoms with van der Waals surface area (Å²) in [5, 5.41) is 15.5. The second-order valence-corrected chi connectivity index (χ2v) is 8.15. The van der Waals surface area contributed by atoms with E-state index >= 15 is 0 Å². The summed E-state index contributed by atoms with van der Waals surface area (Å²) >= 11 is 0. The summed E-state index contributed by atoms with van der Waals surface area (Å²) in [6.45, 7) is 0.441. The van der Waals surface area contributed by atoms with Crippen molar-refractivity contribution in [2.24, 2.45) is 5.92 Å². The zero-order chi connectivity index (χ0) is 20.0. The summed E-state index contributed by atoms with van der Waals surface area (Å²) in [7, 11) is 0. The largest absolute Gasteiger partial charge is 0.480 e. The number of carboxylic acids is 1. The van der Waals surface area contributed by atoms with Crippen molar-refractivity contribution in [1.29, 1.82) is 0 Å². The van der Waals surface area contributed by atoms with Crippen LogP contribution in [0, 0.1) is 5.92 Å². The number of nitrogens with one attached hydrogen (secondary N) is 2. The van der Waals surface area contributed by atoms with Gasteiger partial charge < -0.3 is 15.7 Å². The van der Waals surface area contributed by atoms with Crippen molar-refractivity contribution in [2.75, 3.05) is 0 Å². The number of rotatable bonds is 6. The van der Waals surface area contributed by atoms with Gasteiger partial charge in [0.25, 0.3) is 5.91 Å². The first-order chi connectivity index (χ1) is 13.5. The number of amides is 2. The molecule has 0 saturated heterocycles. The highest BCUT2D eigenvalue weighted by Crippen LogP contribution is 2.28. The summed E-state index contributed by atoms with van der Waals surface area (Å²) in [6, 6.07) is 7.01. The number of hydrogen-bond donors (Lipinski definition) is 3. The van der Waals surface area contributed by atoms with Crippen molar-refractivity contribution >= 4 is 17.8 Å². The summed E-state index contributed by atoms with van der Waals surface area (Å²) in [5.41, 5.74) is 0.197. The number of hydrogen-bond acceptors (Lipinski definition) is 3. The second-order valence-electron chi connectivity index (χ2n) is 8.15. The Morgan fingerprint density at radius 3 is 2.11 bits per heavy atom. The van der Waals surface area contributed by atoms with Crippen molar-refractivity contribution in [3.8, 4) is 0 Å². The molecule has 2 aliphatic rings. The van der Waals surface area contributed by atoms with Crippen molar-refractivity contribution < 1.29 is 19.5 Å². The topological polar surface area (TPSA) is 95.5 Å². The standard InChI is InChI=1S/C22H30N2O4/c25-19(17-7-3-4-8-17)23-15-16-9-11-18(12-10-16)20(26)24-22(21(27)28)13-5-1-2-6-14-22/h9-12,17H,1-8,13-15H2,(H,23,25)(H,24,26)(H,27,28). The van der Waals surface area contributed by atoms with Gasteiger partial charge in [-0.05, 0) is 43.4 Å². The molecular formula is C22H30N2O4. The highest BCUT2D eigenvalue weighted by atomic mass is 16.4. The van der Waals surface area contributed by atoms with Crippen LogP contribution in [0.4, 0.5) is 0 Å². The van der Waals surface area contributed by atoms with Crippen LogP contribution in [0.2, 0.25) is 0 Å². The summed E-state index contributed by atoms with van der Waals surface area (Å²) < 4.78 is 0. The highest BCUT2D eigenvalue weighted by molar-refractivity contribution is 5.97. The summed E-state index contributed by atoms with van der Waals surface area (Å²) in [6.07, 6.45) is 8.77. The van der Waals surface area contributed by atoms with Crippen LogP contribution >= 0.6 is 0 Å². The van der Waals surface area contributed by atoms with Gasteiger partial charge in [0.2, 0.25) is 5.91 Å². The number of carbonyl (C=O) groups is 3. The third-order valence-corrected chi connectivity index (χ3v) is 6.13. The van der Waals surface area contributed by atoms with Crippen LogP contribution in [0.1, 0.15) is 80.1 Å². The van der Waals surface area contributed by atoms with E-state index in [2.05, 4.69) is 10.6 Å². The van der Waals surface area contributed by atoms with Gasteiger partial charge in [-0.25, -0.2) is 4.79 Å². The normalized spacial score (nSPS) is 19.6. The number of aliphatic carboxylic acids is 1. The van der Waals surface area contributed by atoms with Gasteiger partial charge in [-0.1, -0.05) is 50.7 Å². The van der Waals surface area contributed by atoms with Crippen LogP contribution in [-0.2, 0) is 16.1 Å². The maximum Gasteiger partial charge on any atom is 0.329 e. The molecule has 0 atom stereocenters. The number of carbonyl (C=O) groups excluding carboxylic acids is 2. The van der Waals surface area contributed by atoms with E-state index in [9.17, 15) is 19.5 Å². The molecule has 0 spiro atoms. The smallest absolute Gasteiger partial charge is 0.329 e. The number of benzene rings is 1. The minimum atomic E-state index is -1.17. The van der Waals surface area contributed by atoms with Gasteiger partial charge >= 0.3 is 5.97 Å². The molecule has 1 aromatic rings. The molecule has 0 aromatic heterocycles. The second kappa shape index (κ2) is 9.22. The van der Waals surface area contributed by atoms with Gasteiger partial charge in [0.15, 0.2) is 0 Å². The average molecular weight is 386 g/mol. The Morgan fingerprint density at radius 2 is 1.54 bits per heavy atom. The van der Waals surface area contributed by atoms with E-state index in [0.29, 0.717) is 24.9 Å². The summed E-state index contributed by atoms with van der Waals surface area (Å²) in [5.74, 6) is -1.06. The molecule has 0 radical (unpaired) electrons. The Kier molecular flexibility index (Phi) is 6.70. The Labute approximate surface area is 166 Å². The molecule has 152 valence electrons. The highest BCUT2D eigenvalue weighted by Gasteiger charge is 2.40. The van der Waals surface area contributed by atoms with E-state index in [1.165, 1.54) is 0 Å². The Balaban J connectivity index is 1.58. The molecule has 3 N–H and O–H groups in total. The lowest BCUT2D eigenvalue weighted by atomic mass is 9.89. The fraction of sp³-hybridized carbons (Fsp3) is 0.591. The molecule has 6 heteroatoms. The zero-order valence-corrected chi connectivity index (χ0v) is 16.3. The Bertz CT molecular complexity index is 700. The SMILES string of the molecule is O=C(NC1(C(=O)O)CCCCCC1)c1ccc(CNC(=O)C2CCCC2)cc1. The molecule has 2 aliphatic carbocycles. The average Bonchev–Trinajstić information content (AvgIpc) is 3.13. The molecule has 0 bridgehead atoms. The minimum Gasteiger partial charge on any atom is -0.480 e. The van der Waals surface area contributed by atoms with Crippen molar-refractivity contribution in [1.82, 2.24) is 10.6 Å². The fourth-order valence-electron chi connectivity index (χ4n) is 4.31. The van der Waals surface area contributed by atoms with Crippen LogP contribution in [-0.4, -0.2) is 28.4 Å². The molecule has 6 nitrogen and oxygen atoms in total. The van der Waals surface area contributed by atoms with E-state index in [4.69, 9.17) is 0 Å². The molecule has 0 aliphatic heterocycles. The van der Waals surface area contributed by atoms with E-state index in [-0.39, 0.29) is 17.7 Å². The van der Waals surface area contributed by atoms with Gasteiger partial charge in [0.1, 0.15) is 5.54 Å². The quantitative estimate of drug-likeness (QED) is 0.653. The van der Waals surface area contributed by atoms with Crippen LogP contribution in [0.25, 0.3) is 0 Å². The lowest BCUT2D eigenvalue weighted by Gasteiger charge is -2.29. The van der Waals surface area contributed by atoms with Crippen LogP contribution in [0.15, 0.2) is 24.3 Å². The third kappa shape index (κ3) is 4.91. The summed E-state index contributed by atoms with van der Waals surface area (Å²) in [4.78, 5) is 36.6. The van der Waals surface area contributed by atoms with Gasteiger partial charge in [0.05, 0.1) is 0 Å². The van der Waals surface area contributed by atoms with Crippen LogP contribution in [0.5, 0.6) is 0 Å². The van der Waals surface area contributed by atoms with Crippen molar-refractivity contribution in [3.05, 3.63) is 35.4 Å². The van der Waals surface area contributed by atoms with Gasteiger partial charge in [-0.2, -0.15) is 0 Å². The molecule has 1 aromatic carbocycles. The third-order valence-electron chi connectivity index (χ3n) is 6.13. The lowest BCUT2D eigenvalue weighted by molar-refractivity contribution is -0.145. The van der Waals surface area contributed by atoms with Gasteiger partial charge in [-0.3, -0.25) is 9.59 Å². The van der Waals surface area contributed by atoms with Crippen LogP contribution < -0.4 is 10.6 Å². The molecule has 0 unspecified atom stereocenters. The van der Waals surface area contributed by atoms with Crippen LogP contribution in [0.3, 0.4) is 0 Å². The van der Waals surface area contributed by atoms with E-state index < -0.39 is 11.5 Å². The molecule has 3 rings (SSSR count). The number of carboxylic acid groups (broad SMARTS) is 1. The molecule has 0 heterocycles. The van der Waals surface area contributed by atoms with E-state index in [1.807, 2.05) is 12.1 Å². The van der Waals surface area contributed by atoms with E-state index in [1.54, 1.807) is 12.1 Å². The molecule has 2 saturated carbocycles. The monoisotopic (exact) mass is 386 g/mol. The van der Waals surface area contributed by atoms with Crippen molar-refractivity contribution in [3.63, 3.8) is 0 Å². The molecule has 2 amide bonds. The Hall–Kier alpha value is -2.37. The predicted octanol–water partition coefficient (Wildman–Crippen LogP) is 3.40.